The lowest BCUT2D eigenvalue weighted by atomic mass is 10.1. The maximum absolute atomic E-state index is 12.2. The molecule has 5 N–H and O–H groups in total. The number of amides is 1. The summed E-state index contributed by atoms with van der Waals surface area (Å²) in [7, 11) is 3.51. The Labute approximate surface area is 221 Å². The second-order valence-corrected chi connectivity index (χ2v) is 8.26. The average molecular weight is 523 g/mol. The van der Waals surface area contributed by atoms with Gasteiger partial charge in [0.05, 0.1) is 46.8 Å². The predicted octanol–water partition coefficient (Wildman–Crippen LogP) is 3.80. The molecule has 0 aliphatic carbocycles. The number of hydrogen-bond donors (Lipinski definition) is 4. The number of rotatable bonds is 12. The second-order valence-electron chi connectivity index (χ2n) is 7.85. The molecule has 0 unspecified atom stereocenters. The summed E-state index contributed by atoms with van der Waals surface area (Å²) < 4.78 is 5.65. The molecule has 2 heterocycles. The molecule has 37 heavy (non-hydrogen) atoms. The molecule has 0 saturated heterocycles. The molecule has 1 aromatic carbocycles. The number of carbonyl (C=O) groups excluding carboxylic acids is 1. The molecule has 10 nitrogen and oxygen atoms in total. The number of nitrogens with zero attached hydrogens (tertiary/aromatic N) is 4. The van der Waals surface area contributed by atoms with Crippen molar-refractivity contribution in [2.75, 3.05) is 49.3 Å². The molecule has 0 spiro atoms. The van der Waals surface area contributed by atoms with Gasteiger partial charge in [-0.2, -0.15) is 0 Å². The van der Waals surface area contributed by atoms with E-state index in [4.69, 9.17) is 22.1 Å². The highest BCUT2D eigenvalue weighted by atomic mass is 35.5. The van der Waals surface area contributed by atoms with Crippen LogP contribution in [0.15, 0.2) is 61.6 Å². The number of likely N-dealkylation sites (N-methyl/N-ethyl adjacent to an activating group) is 2. The summed E-state index contributed by atoms with van der Waals surface area (Å²) in [4.78, 5) is 27.5. The van der Waals surface area contributed by atoms with E-state index in [2.05, 4.69) is 37.5 Å². The topological polar surface area (TPSA) is 130 Å². The lowest BCUT2D eigenvalue weighted by molar-refractivity contribution is -0.111. The summed E-state index contributed by atoms with van der Waals surface area (Å²) in [5.74, 6) is 0.444. The van der Waals surface area contributed by atoms with Crippen LogP contribution in [0.25, 0.3) is 5.57 Å². The molecule has 0 atom stereocenters. The highest BCUT2D eigenvalue weighted by Gasteiger charge is 2.18. The van der Waals surface area contributed by atoms with E-state index in [0.717, 1.165) is 18.8 Å². The number of hydrogen-bond acceptors (Lipinski definition) is 9. The fraction of sp³-hybridized carbons (Fsp3) is 0.231. The number of pyridine rings is 1. The first kappa shape index (κ1) is 27.4. The Hall–Kier alpha value is -4.15. The molecule has 0 saturated carbocycles. The number of carbonyl (C=O) groups is 1. The van der Waals surface area contributed by atoms with E-state index in [1.54, 1.807) is 19.4 Å². The van der Waals surface area contributed by atoms with Crippen molar-refractivity contribution in [3.05, 3.63) is 78.0 Å². The molecule has 3 rings (SSSR count). The molecule has 11 heteroatoms. The number of ether oxygens (including phenoxy) is 1. The van der Waals surface area contributed by atoms with Crippen LogP contribution < -0.4 is 31.3 Å². The van der Waals surface area contributed by atoms with Gasteiger partial charge in [-0.05, 0) is 30.8 Å². The number of methoxy groups -OCH3 is 1. The van der Waals surface area contributed by atoms with Gasteiger partial charge in [0.15, 0.2) is 0 Å². The van der Waals surface area contributed by atoms with Gasteiger partial charge >= 0.3 is 0 Å². The normalized spacial score (nSPS) is 11.1. The molecular weight excluding hydrogens is 492 g/mol. The number of nitrogens with one attached hydrogen (secondary N) is 3. The molecule has 194 valence electrons. The first-order valence-electron chi connectivity index (χ1n) is 11.6. The fourth-order valence-electron chi connectivity index (χ4n) is 3.52. The Morgan fingerprint density at radius 2 is 2.08 bits per heavy atom. The quantitative estimate of drug-likeness (QED) is 0.207. The van der Waals surface area contributed by atoms with Crippen LogP contribution in [0.1, 0.15) is 18.3 Å². The van der Waals surface area contributed by atoms with E-state index < -0.39 is 0 Å². The van der Waals surface area contributed by atoms with E-state index in [1.165, 1.54) is 18.5 Å². The summed E-state index contributed by atoms with van der Waals surface area (Å²) >= 11 is 6.42. The second kappa shape index (κ2) is 13.2. The lowest BCUT2D eigenvalue weighted by Crippen LogP contribution is -2.29. The molecule has 3 aromatic rings. The highest BCUT2D eigenvalue weighted by Crippen LogP contribution is 2.38. The van der Waals surface area contributed by atoms with Crippen molar-refractivity contribution in [2.45, 2.75) is 6.92 Å². The van der Waals surface area contributed by atoms with Gasteiger partial charge in [-0.1, -0.05) is 31.2 Å². The number of aromatic nitrogens is 3. The molecule has 2 aromatic heterocycles. The van der Waals surface area contributed by atoms with Crippen molar-refractivity contribution in [2.24, 2.45) is 5.73 Å². The minimum absolute atomic E-state index is 0.252. The third-order valence-corrected chi connectivity index (χ3v) is 5.68. The van der Waals surface area contributed by atoms with E-state index in [-0.39, 0.29) is 11.9 Å². The van der Waals surface area contributed by atoms with Gasteiger partial charge < -0.3 is 31.3 Å². The molecule has 1 amide bonds. The van der Waals surface area contributed by atoms with Crippen molar-refractivity contribution in [3.63, 3.8) is 0 Å². The van der Waals surface area contributed by atoms with Crippen LogP contribution in [0.4, 0.5) is 23.0 Å². The zero-order chi connectivity index (χ0) is 26.8. The van der Waals surface area contributed by atoms with Crippen molar-refractivity contribution >= 4 is 46.1 Å². The van der Waals surface area contributed by atoms with Crippen LogP contribution in [0, 0.1) is 0 Å². The van der Waals surface area contributed by atoms with Crippen LogP contribution in [-0.4, -0.2) is 54.7 Å². The van der Waals surface area contributed by atoms with Gasteiger partial charge in [-0.15, -0.1) is 0 Å². The highest BCUT2D eigenvalue weighted by molar-refractivity contribution is 6.32. The number of benzene rings is 1. The largest absolute Gasteiger partial charge is 0.494 e. The number of anilines is 4. The van der Waals surface area contributed by atoms with Crippen LogP contribution in [0.2, 0.25) is 5.02 Å². The first-order valence-corrected chi connectivity index (χ1v) is 12.0. The van der Waals surface area contributed by atoms with Crippen LogP contribution in [0.5, 0.6) is 5.75 Å². The van der Waals surface area contributed by atoms with Crippen LogP contribution in [-0.2, 0) is 4.79 Å². The zero-order valence-corrected chi connectivity index (χ0v) is 21.8. The van der Waals surface area contributed by atoms with Gasteiger partial charge in [0.1, 0.15) is 5.75 Å². The van der Waals surface area contributed by atoms with Gasteiger partial charge in [-0.3, -0.25) is 9.78 Å². The van der Waals surface area contributed by atoms with Gasteiger partial charge in [0.25, 0.3) is 0 Å². The fourth-order valence-corrected chi connectivity index (χ4v) is 3.72. The minimum atomic E-state index is -0.337. The summed E-state index contributed by atoms with van der Waals surface area (Å²) in [6, 6.07) is 9.06. The Bertz CT molecular complexity index is 1270. The summed E-state index contributed by atoms with van der Waals surface area (Å²) in [6.07, 6.45) is 5.76. The van der Waals surface area contributed by atoms with Crippen molar-refractivity contribution in [1.82, 2.24) is 20.3 Å². The molecule has 0 bridgehead atoms. The summed E-state index contributed by atoms with van der Waals surface area (Å²) in [5.41, 5.74) is 9.37. The molecular formula is C26H31ClN8O2. The maximum Gasteiger partial charge on any atom is 0.247 e. The standard InChI is InChI=1S/C26H31ClN8O2/c1-5-24(36)32-20-13-21(23(37-4)14-22(20)35(3)12-11-29-6-2)33-26-31-16-18(27)25(34-26)17(15-28)19-9-7-8-10-30-19/h5,7-10,13-16,29H,1,6,11-12,28H2,2-4H3,(H,32,36)(H,31,33,34). The van der Waals surface area contributed by atoms with Gasteiger partial charge in [0, 0.05) is 44.2 Å². The van der Waals surface area contributed by atoms with E-state index >= 15 is 0 Å². The van der Waals surface area contributed by atoms with E-state index in [1.807, 2.05) is 43.1 Å². The Morgan fingerprint density at radius 1 is 1.27 bits per heavy atom. The Kier molecular flexibility index (Phi) is 9.82. The summed E-state index contributed by atoms with van der Waals surface area (Å²) in [5, 5.41) is 9.65. The first-order chi connectivity index (χ1) is 17.9. The van der Waals surface area contributed by atoms with E-state index in [9.17, 15) is 4.79 Å². The van der Waals surface area contributed by atoms with Crippen LogP contribution in [0.3, 0.4) is 0 Å². The predicted molar refractivity (Wildman–Crippen MR) is 149 cm³/mol. The van der Waals surface area contributed by atoms with Gasteiger partial charge in [-0.25, -0.2) is 9.97 Å². The smallest absolute Gasteiger partial charge is 0.247 e. The Balaban J connectivity index is 2.01. The van der Waals surface area contributed by atoms with Gasteiger partial charge in [0.2, 0.25) is 11.9 Å². The maximum atomic E-state index is 12.2. The SMILES string of the molecule is C=CC(=O)Nc1cc(Nc2ncc(Cl)c(C(=CN)c3ccccn3)n2)c(OC)cc1N(C)CCNCC. The summed E-state index contributed by atoms with van der Waals surface area (Å²) in [6.45, 7) is 7.96. The monoisotopic (exact) mass is 522 g/mol. The van der Waals surface area contributed by atoms with Crippen molar-refractivity contribution in [1.29, 1.82) is 0 Å². The zero-order valence-electron chi connectivity index (χ0n) is 21.1. The number of halogens is 1. The molecule has 0 aliphatic heterocycles. The third-order valence-electron chi connectivity index (χ3n) is 5.40. The average Bonchev–Trinajstić information content (AvgIpc) is 2.91. The van der Waals surface area contributed by atoms with E-state index in [0.29, 0.717) is 45.7 Å². The van der Waals surface area contributed by atoms with Crippen LogP contribution >= 0.6 is 11.6 Å². The molecule has 0 fully saturated rings. The molecule has 0 aliphatic rings. The minimum Gasteiger partial charge on any atom is -0.494 e. The van der Waals surface area contributed by atoms with Crippen molar-refractivity contribution in [3.8, 4) is 5.75 Å². The Morgan fingerprint density at radius 3 is 2.73 bits per heavy atom. The van der Waals surface area contributed by atoms with Crippen molar-refractivity contribution < 1.29 is 9.53 Å². The molecule has 0 radical (unpaired) electrons. The third kappa shape index (κ3) is 6.96. The lowest BCUT2D eigenvalue weighted by Gasteiger charge is -2.25. The number of nitrogens with two attached hydrogens (primary N) is 1.